The van der Waals surface area contributed by atoms with Crippen molar-refractivity contribution in [1.29, 1.82) is 0 Å². The maximum atomic E-state index is 10.4. The summed E-state index contributed by atoms with van der Waals surface area (Å²) in [6.45, 7) is 2.01. The molecule has 0 atom stereocenters. The van der Waals surface area contributed by atoms with E-state index in [9.17, 15) is 4.79 Å². The van der Waals surface area contributed by atoms with Gasteiger partial charge in [0.2, 0.25) is 0 Å². The number of hydrogen-bond acceptors (Lipinski definition) is 2. The normalized spacial score (nSPS) is 10.8. The first-order valence-electron chi connectivity index (χ1n) is 5.61. The molecule has 0 radical (unpaired) electrons. The van der Waals surface area contributed by atoms with Crippen LogP contribution >= 0.6 is 15.9 Å². The lowest BCUT2D eigenvalue weighted by molar-refractivity contribution is -0.141. The number of alkyl halides is 1. The molecule has 0 spiro atoms. The van der Waals surface area contributed by atoms with Gasteiger partial charge in [0.05, 0.1) is 6.61 Å². The van der Waals surface area contributed by atoms with Crippen molar-refractivity contribution in [2.45, 2.75) is 45.4 Å². The average molecular weight is 277 g/mol. The van der Waals surface area contributed by atoms with Gasteiger partial charge in [-0.1, -0.05) is 28.1 Å². The maximum Gasteiger partial charge on any atom is 0.302 e. The molecule has 0 aliphatic rings. The van der Waals surface area contributed by atoms with Crippen molar-refractivity contribution < 1.29 is 9.53 Å². The highest BCUT2D eigenvalue weighted by molar-refractivity contribution is 9.09. The van der Waals surface area contributed by atoms with E-state index in [-0.39, 0.29) is 5.97 Å². The monoisotopic (exact) mass is 276 g/mol. The first kappa shape index (κ1) is 14.7. The predicted octanol–water partition coefficient (Wildman–Crippen LogP) is 3.84. The molecule has 0 N–H and O–H groups in total. The number of allylic oxidation sites excluding steroid dienone is 2. The molecule has 0 aromatic carbocycles. The van der Waals surface area contributed by atoms with Crippen molar-refractivity contribution in [2.24, 2.45) is 0 Å². The van der Waals surface area contributed by atoms with Crippen LogP contribution in [-0.4, -0.2) is 17.9 Å². The van der Waals surface area contributed by atoms with Crippen LogP contribution in [0.4, 0.5) is 0 Å². The van der Waals surface area contributed by atoms with Crippen LogP contribution < -0.4 is 0 Å². The zero-order valence-electron chi connectivity index (χ0n) is 9.51. The van der Waals surface area contributed by atoms with Gasteiger partial charge in [-0.05, 0) is 38.5 Å². The number of carbonyl (C=O) groups is 1. The zero-order chi connectivity index (χ0) is 11.4. The number of ether oxygens (including phenoxy) is 1. The molecule has 0 fully saturated rings. The largest absolute Gasteiger partial charge is 0.466 e. The van der Waals surface area contributed by atoms with Crippen LogP contribution in [0.25, 0.3) is 0 Å². The molecule has 15 heavy (non-hydrogen) atoms. The lowest BCUT2D eigenvalue weighted by Gasteiger charge is -1.99. The maximum absolute atomic E-state index is 10.4. The van der Waals surface area contributed by atoms with E-state index in [2.05, 4.69) is 28.1 Å². The van der Waals surface area contributed by atoms with Gasteiger partial charge in [-0.2, -0.15) is 0 Å². The van der Waals surface area contributed by atoms with Crippen LogP contribution in [0.5, 0.6) is 0 Å². The van der Waals surface area contributed by atoms with Gasteiger partial charge in [0.15, 0.2) is 0 Å². The molecule has 88 valence electrons. The Morgan fingerprint density at radius 1 is 1.13 bits per heavy atom. The minimum atomic E-state index is -0.180. The van der Waals surface area contributed by atoms with Crippen molar-refractivity contribution in [1.82, 2.24) is 0 Å². The van der Waals surface area contributed by atoms with Gasteiger partial charge in [-0.25, -0.2) is 0 Å². The van der Waals surface area contributed by atoms with Crippen molar-refractivity contribution in [2.75, 3.05) is 11.9 Å². The van der Waals surface area contributed by atoms with Crippen LogP contribution in [-0.2, 0) is 9.53 Å². The van der Waals surface area contributed by atoms with E-state index < -0.39 is 0 Å². The smallest absolute Gasteiger partial charge is 0.302 e. The van der Waals surface area contributed by atoms with E-state index in [0.29, 0.717) is 6.61 Å². The average Bonchev–Trinajstić information content (AvgIpc) is 2.20. The Morgan fingerprint density at radius 2 is 1.73 bits per heavy atom. The van der Waals surface area contributed by atoms with Crippen molar-refractivity contribution in [3.05, 3.63) is 12.2 Å². The standard InChI is InChI=1S/C12H21BrO2/c1-12(14)15-11-9-7-5-3-2-4-6-8-10-13/h2-3H,4-11H2,1H3/b3-2+. The van der Waals surface area contributed by atoms with Gasteiger partial charge in [-0.3, -0.25) is 4.79 Å². The molecule has 0 aliphatic heterocycles. The molecule has 3 heteroatoms. The van der Waals surface area contributed by atoms with Crippen LogP contribution in [0.1, 0.15) is 45.4 Å². The summed E-state index contributed by atoms with van der Waals surface area (Å²) in [6.07, 6.45) is 11.3. The van der Waals surface area contributed by atoms with E-state index in [0.717, 1.165) is 24.6 Å². The highest BCUT2D eigenvalue weighted by Crippen LogP contribution is 2.02. The van der Waals surface area contributed by atoms with Crippen LogP contribution in [0, 0.1) is 0 Å². The van der Waals surface area contributed by atoms with Gasteiger partial charge in [-0.15, -0.1) is 0 Å². The topological polar surface area (TPSA) is 26.3 Å². The molecule has 0 aromatic heterocycles. The summed E-state index contributed by atoms with van der Waals surface area (Å²) < 4.78 is 4.83. The lowest BCUT2D eigenvalue weighted by Crippen LogP contribution is -1.99. The first-order valence-corrected chi connectivity index (χ1v) is 6.74. The molecule has 0 bridgehead atoms. The number of unbranched alkanes of at least 4 members (excludes halogenated alkanes) is 4. The third-order valence-electron chi connectivity index (χ3n) is 1.99. The quantitative estimate of drug-likeness (QED) is 0.277. The summed E-state index contributed by atoms with van der Waals surface area (Å²) in [7, 11) is 0. The van der Waals surface area contributed by atoms with Crippen LogP contribution in [0.3, 0.4) is 0 Å². The Balaban J connectivity index is 3.06. The van der Waals surface area contributed by atoms with Crippen molar-refractivity contribution in [3.8, 4) is 0 Å². The number of esters is 1. The molecule has 0 unspecified atom stereocenters. The number of halogens is 1. The van der Waals surface area contributed by atoms with Crippen LogP contribution in [0.2, 0.25) is 0 Å². The fraction of sp³-hybridized carbons (Fsp3) is 0.750. The molecule has 0 amide bonds. The minimum absolute atomic E-state index is 0.180. The first-order chi connectivity index (χ1) is 7.27. The summed E-state index contributed by atoms with van der Waals surface area (Å²) >= 11 is 3.41. The number of rotatable bonds is 9. The van der Waals surface area contributed by atoms with Gasteiger partial charge in [0.25, 0.3) is 0 Å². The molecule has 0 saturated heterocycles. The molecular formula is C12H21BrO2. The van der Waals surface area contributed by atoms with Crippen molar-refractivity contribution >= 4 is 21.9 Å². The molecule has 0 heterocycles. The third kappa shape index (κ3) is 13.7. The second-order valence-corrected chi connectivity index (χ2v) is 4.28. The summed E-state index contributed by atoms with van der Waals surface area (Å²) in [5.41, 5.74) is 0. The molecule has 2 nitrogen and oxygen atoms in total. The molecular weight excluding hydrogens is 256 g/mol. The zero-order valence-corrected chi connectivity index (χ0v) is 11.1. The fourth-order valence-corrected chi connectivity index (χ4v) is 1.57. The highest BCUT2D eigenvalue weighted by atomic mass is 79.9. The molecule has 0 saturated carbocycles. The summed E-state index contributed by atoms with van der Waals surface area (Å²) in [6, 6.07) is 0. The van der Waals surface area contributed by atoms with E-state index >= 15 is 0 Å². The van der Waals surface area contributed by atoms with Crippen molar-refractivity contribution in [3.63, 3.8) is 0 Å². The second kappa shape index (κ2) is 11.8. The van der Waals surface area contributed by atoms with Gasteiger partial charge in [0.1, 0.15) is 0 Å². The Morgan fingerprint density at radius 3 is 2.27 bits per heavy atom. The summed E-state index contributed by atoms with van der Waals surface area (Å²) in [5.74, 6) is -0.180. The molecule has 0 aromatic rings. The van der Waals surface area contributed by atoms with E-state index in [4.69, 9.17) is 4.74 Å². The Hall–Kier alpha value is -0.310. The number of hydrogen-bond donors (Lipinski definition) is 0. The third-order valence-corrected chi connectivity index (χ3v) is 2.55. The van der Waals surface area contributed by atoms with E-state index in [1.54, 1.807) is 0 Å². The Kier molecular flexibility index (Phi) is 11.5. The Bertz CT molecular complexity index is 178. The lowest BCUT2D eigenvalue weighted by atomic mass is 10.2. The van der Waals surface area contributed by atoms with E-state index in [1.807, 2.05) is 0 Å². The number of carbonyl (C=O) groups excluding carboxylic acids is 1. The van der Waals surface area contributed by atoms with E-state index in [1.165, 1.54) is 26.2 Å². The van der Waals surface area contributed by atoms with Gasteiger partial charge < -0.3 is 4.74 Å². The second-order valence-electron chi connectivity index (χ2n) is 3.49. The molecule has 0 aliphatic carbocycles. The summed E-state index contributed by atoms with van der Waals surface area (Å²) in [4.78, 5) is 10.4. The SMILES string of the molecule is CC(=O)OCCCC/C=C/CCCCBr. The van der Waals surface area contributed by atoms with Crippen LogP contribution in [0.15, 0.2) is 12.2 Å². The molecule has 0 rings (SSSR count). The van der Waals surface area contributed by atoms with Gasteiger partial charge in [0, 0.05) is 12.3 Å². The minimum Gasteiger partial charge on any atom is -0.466 e. The fourth-order valence-electron chi connectivity index (χ4n) is 1.17. The summed E-state index contributed by atoms with van der Waals surface area (Å²) in [5, 5.41) is 1.10. The predicted molar refractivity (Wildman–Crippen MR) is 67.3 cm³/mol. The Labute approximate surface area is 101 Å². The van der Waals surface area contributed by atoms with Gasteiger partial charge >= 0.3 is 5.97 Å². The highest BCUT2D eigenvalue weighted by Gasteiger charge is 1.91.